The Balaban J connectivity index is 2.18. The van der Waals surface area contributed by atoms with Gasteiger partial charge in [-0.15, -0.1) is 11.8 Å². The van der Waals surface area contributed by atoms with E-state index in [0.29, 0.717) is 12.0 Å². The molecule has 0 unspecified atom stereocenters. The molecule has 0 aliphatic carbocycles. The van der Waals surface area contributed by atoms with E-state index in [9.17, 15) is 9.90 Å². The van der Waals surface area contributed by atoms with Gasteiger partial charge in [-0.2, -0.15) is 0 Å². The van der Waals surface area contributed by atoms with E-state index in [1.807, 2.05) is 31.2 Å². The second-order valence-electron chi connectivity index (χ2n) is 4.79. The maximum atomic E-state index is 11.2. The average molecular weight is 424 g/mol. The fraction of sp³-hybridized carbons (Fsp3) is 0.167. The normalized spacial score (nSPS) is 11.5. The molecule has 0 saturated carbocycles. The van der Waals surface area contributed by atoms with Gasteiger partial charge in [0, 0.05) is 19.8 Å². The first-order valence-corrected chi connectivity index (χ1v) is 9.06. The molecule has 2 aromatic carbocycles. The third kappa shape index (κ3) is 4.88. The molecule has 4 heteroatoms. The summed E-state index contributed by atoms with van der Waals surface area (Å²) in [5, 5.41) is 9.17. The van der Waals surface area contributed by atoms with Crippen molar-refractivity contribution in [2.75, 3.05) is 0 Å². The first kappa shape index (κ1) is 17.1. The van der Waals surface area contributed by atoms with Crippen molar-refractivity contribution in [1.82, 2.24) is 0 Å². The summed E-state index contributed by atoms with van der Waals surface area (Å²) in [4.78, 5) is 12.3. The Labute approximate surface area is 148 Å². The number of carboxylic acid groups (broad SMARTS) is 1. The average Bonchev–Trinajstić information content (AvgIpc) is 2.53. The fourth-order valence-corrected chi connectivity index (χ4v) is 3.36. The molecule has 0 aromatic heterocycles. The number of benzene rings is 2. The van der Waals surface area contributed by atoms with Gasteiger partial charge in [0.2, 0.25) is 0 Å². The smallest absolute Gasteiger partial charge is 0.331 e. The fourth-order valence-electron chi connectivity index (χ4n) is 1.97. The van der Waals surface area contributed by atoms with Crippen LogP contribution >= 0.6 is 34.4 Å². The molecule has 0 spiro atoms. The highest BCUT2D eigenvalue weighted by Gasteiger charge is 2.07. The molecule has 0 atom stereocenters. The third-order valence-electron chi connectivity index (χ3n) is 3.20. The van der Waals surface area contributed by atoms with Gasteiger partial charge in [0.15, 0.2) is 0 Å². The zero-order valence-corrected chi connectivity index (χ0v) is 15.2. The molecule has 1 N–H and O–H groups in total. The van der Waals surface area contributed by atoms with Crippen molar-refractivity contribution in [3.8, 4) is 0 Å². The Morgan fingerprint density at radius 2 is 1.95 bits per heavy atom. The van der Waals surface area contributed by atoms with Crippen LogP contribution in [0.3, 0.4) is 0 Å². The van der Waals surface area contributed by atoms with Gasteiger partial charge in [0.25, 0.3) is 0 Å². The van der Waals surface area contributed by atoms with E-state index in [1.165, 1.54) is 5.56 Å². The molecule has 0 heterocycles. The Morgan fingerprint density at radius 3 is 2.59 bits per heavy atom. The first-order chi connectivity index (χ1) is 10.6. The second-order valence-corrected chi connectivity index (χ2v) is 7.00. The van der Waals surface area contributed by atoms with Gasteiger partial charge in [-0.3, -0.25) is 0 Å². The van der Waals surface area contributed by atoms with Gasteiger partial charge in [0.1, 0.15) is 0 Å². The number of carboxylic acids is 1. The zero-order chi connectivity index (χ0) is 15.9. The van der Waals surface area contributed by atoms with E-state index in [0.717, 1.165) is 19.8 Å². The lowest BCUT2D eigenvalue weighted by Crippen LogP contribution is -1.99. The minimum Gasteiger partial charge on any atom is -0.478 e. The van der Waals surface area contributed by atoms with E-state index in [2.05, 4.69) is 46.9 Å². The van der Waals surface area contributed by atoms with Crippen molar-refractivity contribution in [1.29, 1.82) is 0 Å². The molecule has 0 aliphatic heterocycles. The largest absolute Gasteiger partial charge is 0.478 e. The predicted molar refractivity (Wildman–Crippen MR) is 101 cm³/mol. The van der Waals surface area contributed by atoms with Crippen molar-refractivity contribution in [2.24, 2.45) is 0 Å². The second kappa shape index (κ2) is 8.39. The lowest BCUT2D eigenvalue weighted by molar-refractivity contribution is -0.132. The van der Waals surface area contributed by atoms with Crippen LogP contribution in [0.5, 0.6) is 0 Å². The van der Waals surface area contributed by atoms with Gasteiger partial charge in [0.05, 0.1) is 0 Å². The van der Waals surface area contributed by atoms with Crippen LogP contribution < -0.4 is 0 Å². The highest BCUT2D eigenvalue weighted by Crippen LogP contribution is 2.27. The number of thioether (sulfide) groups is 1. The van der Waals surface area contributed by atoms with Crippen LogP contribution in [0.4, 0.5) is 0 Å². The summed E-state index contributed by atoms with van der Waals surface area (Å²) < 4.78 is 1.06. The maximum absolute atomic E-state index is 11.2. The van der Waals surface area contributed by atoms with Crippen LogP contribution in [-0.2, 0) is 10.5 Å². The Morgan fingerprint density at radius 1 is 1.23 bits per heavy atom. The molecular weight excluding hydrogens is 407 g/mol. The van der Waals surface area contributed by atoms with Crippen LogP contribution in [0.1, 0.15) is 24.5 Å². The standard InChI is InChI=1S/C18H17IO2S/c1-2-14(18(20)21)10-15-11-16(8-9-17(15)19)22-12-13-6-4-3-5-7-13/h3-11H,2,12H2,1H3,(H,20,21). The Kier molecular flexibility index (Phi) is 6.51. The minimum atomic E-state index is -0.847. The van der Waals surface area contributed by atoms with Crippen LogP contribution in [0.25, 0.3) is 6.08 Å². The summed E-state index contributed by atoms with van der Waals surface area (Å²) in [6, 6.07) is 16.5. The number of hydrogen-bond donors (Lipinski definition) is 1. The quantitative estimate of drug-likeness (QED) is 0.380. The van der Waals surface area contributed by atoms with E-state index in [4.69, 9.17) is 0 Å². The maximum Gasteiger partial charge on any atom is 0.331 e. The van der Waals surface area contributed by atoms with E-state index in [-0.39, 0.29) is 0 Å². The highest BCUT2D eigenvalue weighted by molar-refractivity contribution is 14.1. The molecule has 22 heavy (non-hydrogen) atoms. The monoisotopic (exact) mass is 424 g/mol. The minimum absolute atomic E-state index is 0.433. The highest BCUT2D eigenvalue weighted by atomic mass is 127. The predicted octanol–water partition coefficient (Wildman–Crippen LogP) is 5.46. The molecular formula is C18H17IO2S. The molecule has 0 fully saturated rings. The lowest BCUT2D eigenvalue weighted by Gasteiger charge is -2.06. The van der Waals surface area contributed by atoms with Crippen molar-refractivity contribution in [3.05, 3.63) is 68.8 Å². The summed E-state index contributed by atoms with van der Waals surface area (Å²) in [6.07, 6.45) is 2.30. The zero-order valence-electron chi connectivity index (χ0n) is 12.3. The number of rotatable bonds is 6. The number of hydrogen-bond acceptors (Lipinski definition) is 2. The molecule has 2 aromatic rings. The summed E-state index contributed by atoms with van der Waals surface area (Å²) >= 11 is 4.00. The van der Waals surface area contributed by atoms with Crippen molar-refractivity contribution in [2.45, 2.75) is 24.0 Å². The summed E-state index contributed by atoms with van der Waals surface area (Å²) in [5.41, 5.74) is 2.68. The first-order valence-electron chi connectivity index (χ1n) is 7.00. The summed E-state index contributed by atoms with van der Waals surface area (Å²) in [7, 11) is 0. The van der Waals surface area contributed by atoms with Gasteiger partial charge in [-0.05, 0) is 64.4 Å². The molecule has 2 nitrogen and oxygen atoms in total. The SMILES string of the molecule is CCC(=Cc1cc(SCc2ccccc2)ccc1I)C(=O)O. The molecule has 0 amide bonds. The Bertz CT molecular complexity index is 681. The van der Waals surface area contributed by atoms with Gasteiger partial charge in [-0.25, -0.2) is 4.79 Å². The molecule has 0 bridgehead atoms. The number of carbonyl (C=O) groups is 1. The van der Waals surface area contributed by atoms with Crippen molar-refractivity contribution >= 4 is 46.4 Å². The number of aliphatic carboxylic acids is 1. The van der Waals surface area contributed by atoms with E-state index >= 15 is 0 Å². The molecule has 2 rings (SSSR count). The molecule has 0 saturated heterocycles. The van der Waals surface area contributed by atoms with Gasteiger partial charge in [-0.1, -0.05) is 37.3 Å². The van der Waals surface area contributed by atoms with Crippen LogP contribution in [0.15, 0.2) is 59.0 Å². The van der Waals surface area contributed by atoms with Gasteiger partial charge >= 0.3 is 5.97 Å². The van der Waals surface area contributed by atoms with Crippen LogP contribution in [0.2, 0.25) is 0 Å². The molecule has 114 valence electrons. The molecule has 0 radical (unpaired) electrons. The van der Waals surface area contributed by atoms with Gasteiger partial charge < -0.3 is 5.11 Å². The van der Waals surface area contributed by atoms with E-state index < -0.39 is 5.97 Å². The molecule has 0 aliphatic rings. The van der Waals surface area contributed by atoms with Crippen LogP contribution in [0, 0.1) is 3.57 Å². The number of halogens is 1. The topological polar surface area (TPSA) is 37.3 Å². The Hall–Kier alpha value is -1.27. The van der Waals surface area contributed by atoms with Crippen LogP contribution in [-0.4, -0.2) is 11.1 Å². The third-order valence-corrected chi connectivity index (χ3v) is 5.25. The van der Waals surface area contributed by atoms with Crippen molar-refractivity contribution in [3.63, 3.8) is 0 Å². The lowest BCUT2D eigenvalue weighted by atomic mass is 10.1. The summed E-state index contributed by atoms with van der Waals surface area (Å²) in [6.45, 7) is 1.86. The van der Waals surface area contributed by atoms with Crippen molar-refractivity contribution < 1.29 is 9.90 Å². The summed E-state index contributed by atoms with van der Waals surface area (Å²) in [5.74, 6) is 0.0603. The van der Waals surface area contributed by atoms with E-state index in [1.54, 1.807) is 17.8 Å².